The van der Waals surface area contributed by atoms with Crippen LogP contribution in [0.2, 0.25) is 5.02 Å². The summed E-state index contributed by atoms with van der Waals surface area (Å²) in [6.45, 7) is 0.513. The van der Waals surface area contributed by atoms with Crippen LogP contribution >= 0.6 is 11.6 Å². The maximum atomic E-state index is 13.2. The molecule has 1 aliphatic rings. The van der Waals surface area contributed by atoms with Crippen LogP contribution < -0.4 is 0 Å². The second kappa shape index (κ2) is 5.81. The maximum absolute atomic E-state index is 13.2. The second-order valence-corrected chi connectivity index (χ2v) is 4.56. The first-order chi connectivity index (χ1) is 9.04. The van der Waals surface area contributed by atoms with E-state index in [0.717, 1.165) is 12.1 Å². The number of ether oxygens (including phenoxy) is 1. The first-order valence-electron chi connectivity index (χ1n) is 5.68. The highest BCUT2D eigenvalue weighted by Crippen LogP contribution is 2.23. The van der Waals surface area contributed by atoms with E-state index in [1.165, 1.54) is 4.90 Å². The van der Waals surface area contributed by atoms with Gasteiger partial charge in [0, 0.05) is 6.54 Å². The lowest BCUT2D eigenvalue weighted by Crippen LogP contribution is -2.50. The number of amides is 1. The van der Waals surface area contributed by atoms with E-state index in [0.29, 0.717) is 6.61 Å². The van der Waals surface area contributed by atoms with Gasteiger partial charge in [0.1, 0.15) is 0 Å². The lowest BCUT2D eigenvalue weighted by atomic mass is 10.1. The van der Waals surface area contributed by atoms with Crippen molar-refractivity contribution in [1.29, 1.82) is 0 Å². The standard InChI is InChI=1S/C12H12ClF2NO3/c13-9-4-11(15)10(14)3-8(9)12(18)16-1-2-19-6-7(16)5-17/h3-4,7,17H,1-2,5-6H2. The molecule has 2 rings (SSSR count). The van der Waals surface area contributed by atoms with Crippen molar-refractivity contribution in [3.8, 4) is 0 Å². The quantitative estimate of drug-likeness (QED) is 0.839. The zero-order valence-electron chi connectivity index (χ0n) is 9.91. The van der Waals surface area contributed by atoms with Crippen LogP contribution in [0.5, 0.6) is 0 Å². The molecule has 1 N–H and O–H groups in total. The van der Waals surface area contributed by atoms with Gasteiger partial charge in [0.05, 0.1) is 36.4 Å². The van der Waals surface area contributed by atoms with Crippen molar-refractivity contribution < 1.29 is 23.4 Å². The zero-order valence-corrected chi connectivity index (χ0v) is 10.7. The van der Waals surface area contributed by atoms with E-state index in [-0.39, 0.29) is 30.3 Å². The van der Waals surface area contributed by atoms with E-state index >= 15 is 0 Å². The summed E-state index contributed by atoms with van der Waals surface area (Å²) < 4.78 is 31.3. The van der Waals surface area contributed by atoms with Crippen molar-refractivity contribution in [2.75, 3.05) is 26.4 Å². The van der Waals surface area contributed by atoms with Gasteiger partial charge >= 0.3 is 0 Å². The predicted octanol–water partition coefficient (Wildman–Crippen LogP) is 1.45. The summed E-state index contributed by atoms with van der Waals surface area (Å²) in [7, 11) is 0. The molecule has 19 heavy (non-hydrogen) atoms. The predicted molar refractivity (Wildman–Crippen MR) is 64.1 cm³/mol. The fraction of sp³-hybridized carbons (Fsp3) is 0.417. The molecule has 0 aliphatic carbocycles. The van der Waals surface area contributed by atoms with Gasteiger partial charge in [-0.15, -0.1) is 0 Å². The largest absolute Gasteiger partial charge is 0.394 e. The number of hydrogen-bond acceptors (Lipinski definition) is 3. The van der Waals surface area contributed by atoms with Gasteiger partial charge in [0.15, 0.2) is 11.6 Å². The van der Waals surface area contributed by atoms with Gasteiger partial charge in [-0.3, -0.25) is 4.79 Å². The molecule has 1 amide bonds. The maximum Gasteiger partial charge on any atom is 0.255 e. The molecule has 104 valence electrons. The Balaban J connectivity index is 2.30. The minimum atomic E-state index is -1.14. The van der Waals surface area contributed by atoms with E-state index in [2.05, 4.69) is 0 Å². The van der Waals surface area contributed by atoms with Crippen LogP contribution in [0.1, 0.15) is 10.4 Å². The van der Waals surface area contributed by atoms with E-state index < -0.39 is 23.6 Å². The molecule has 1 aromatic rings. The number of aliphatic hydroxyl groups excluding tert-OH is 1. The summed E-state index contributed by atoms with van der Waals surface area (Å²) in [6, 6.07) is 1.02. The minimum absolute atomic E-state index is 0.124. The summed E-state index contributed by atoms with van der Waals surface area (Å²) >= 11 is 5.76. The zero-order chi connectivity index (χ0) is 14.0. The Morgan fingerprint density at radius 3 is 2.84 bits per heavy atom. The van der Waals surface area contributed by atoms with Crippen LogP contribution in [0.25, 0.3) is 0 Å². The van der Waals surface area contributed by atoms with Crippen molar-refractivity contribution >= 4 is 17.5 Å². The van der Waals surface area contributed by atoms with Gasteiger partial charge in [-0.2, -0.15) is 0 Å². The molecule has 1 saturated heterocycles. The third kappa shape index (κ3) is 2.86. The van der Waals surface area contributed by atoms with Gasteiger partial charge in [0.2, 0.25) is 0 Å². The number of hydrogen-bond donors (Lipinski definition) is 1. The molecule has 0 radical (unpaired) electrons. The summed E-state index contributed by atoms with van der Waals surface area (Å²) in [5.74, 6) is -2.80. The molecule has 0 aromatic heterocycles. The van der Waals surface area contributed by atoms with Crippen molar-refractivity contribution in [3.05, 3.63) is 34.4 Å². The van der Waals surface area contributed by atoms with Gasteiger partial charge in [0.25, 0.3) is 5.91 Å². The number of carbonyl (C=O) groups excluding carboxylic acids is 1. The van der Waals surface area contributed by atoms with Crippen molar-refractivity contribution in [2.24, 2.45) is 0 Å². The minimum Gasteiger partial charge on any atom is -0.394 e. The Bertz CT molecular complexity index is 498. The average molecular weight is 292 g/mol. The Morgan fingerprint density at radius 2 is 2.16 bits per heavy atom. The van der Waals surface area contributed by atoms with E-state index in [4.69, 9.17) is 16.3 Å². The number of rotatable bonds is 2. The number of aliphatic hydroxyl groups is 1. The van der Waals surface area contributed by atoms with Crippen LogP contribution in [-0.2, 0) is 4.74 Å². The highest BCUT2D eigenvalue weighted by Gasteiger charge is 2.29. The summed E-state index contributed by atoms with van der Waals surface area (Å²) in [5.41, 5.74) is -0.124. The Labute approximate surface area is 113 Å². The van der Waals surface area contributed by atoms with E-state index in [1.807, 2.05) is 0 Å². The van der Waals surface area contributed by atoms with Crippen LogP contribution in [0.4, 0.5) is 8.78 Å². The Morgan fingerprint density at radius 1 is 1.47 bits per heavy atom. The molecule has 1 atom stereocenters. The first kappa shape index (κ1) is 14.2. The fourth-order valence-electron chi connectivity index (χ4n) is 1.91. The Hall–Kier alpha value is -1.24. The first-order valence-corrected chi connectivity index (χ1v) is 6.06. The molecule has 4 nitrogen and oxygen atoms in total. The highest BCUT2D eigenvalue weighted by atomic mass is 35.5. The molecule has 1 unspecified atom stereocenters. The third-order valence-electron chi connectivity index (χ3n) is 2.94. The molecular formula is C12H12ClF2NO3. The molecular weight excluding hydrogens is 280 g/mol. The summed E-state index contributed by atoms with van der Waals surface area (Å²) in [5, 5.41) is 9.02. The molecule has 0 saturated carbocycles. The third-order valence-corrected chi connectivity index (χ3v) is 3.25. The van der Waals surface area contributed by atoms with E-state index in [1.54, 1.807) is 0 Å². The molecule has 0 bridgehead atoms. The van der Waals surface area contributed by atoms with Crippen molar-refractivity contribution in [3.63, 3.8) is 0 Å². The molecule has 1 fully saturated rings. The van der Waals surface area contributed by atoms with Gasteiger partial charge in [-0.05, 0) is 12.1 Å². The molecule has 1 heterocycles. The number of benzene rings is 1. The SMILES string of the molecule is O=C(c1cc(F)c(F)cc1Cl)N1CCOCC1CO. The molecule has 7 heteroatoms. The van der Waals surface area contributed by atoms with Gasteiger partial charge in [-0.1, -0.05) is 11.6 Å². The summed E-state index contributed by atoms with van der Waals surface area (Å²) in [4.78, 5) is 13.6. The van der Waals surface area contributed by atoms with Crippen LogP contribution in [0, 0.1) is 11.6 Å². The molecule has 0 spiro atoms. The topological polar surface area (TPSA) is 49.8 Å². The molecule has 1 aromatic carbocycles. The normalized spacial score (nSPS) is 19.6. The fourth-order valence-corrected chi connectivity index (χ4v) is 2.15. The van der Waals surface area contributed by atoms with Crippen molar-refractivity contribution in [1.82, 2.24) is 4.90 Å². The Kier molecular flexibility index (Phi) is 4.34. The lowest BCUT2D eigenvalue weighted by Gasteiger charge is -2.34. The number of morpholine rings is 1. The number of halogens is 3. The monoisotopic (exact) mass is 291 g/mol. The van der Waals surface area contributed by atoms with Gasteiger partial charge < -0.3 is 14.7 Å². The van der Waals surface area contributed by atoms with Crippen LogP contribution in [0.3, 0.4) is 0 Å². The second-order valence-electron chi connectivity index (χ2n) is 4.16. The smallest absolute Gasteiger partial charge is 0.255 e. The molecule has 1 aliphatic heterocycles. The van der Waals surface area contributed by atoms with Crippen LogP contribution in [0.15, 0.2) is 12.1 Å². The van der Waals surface area contributed by atoms with E-state index in [9.17, 15) is 18.7 Å². The summed E-state index contributed by atoms with van der Waals surface area (Å²) in [6.07, 6.45) is 0. The lowest BCUT2D eigenvalue weighted by molar-refractivity contribution is -0.0184. The van der Waals surface area contributed by atoms with Crippen LogP contribution in [-0.4, -0.2) is 48.3 Å². The number of carbonyl (C=O) groups is 1. The number of nitrogens with zero attached hydrogens (tertiary/aromatic N) is 1. The highest BCUT2D eigenvalue weighted by molar-refractivity contribution is 6.33. The van der Waals surface area contributed by atoms with Gasteiger partial charge in [-0.25, -0.2) is 8.78 Å². The average Bonchev–Trinajstić information content (AvgIpc) is 2.42. The van der Waals surface area contributed by atoms with Crippen molar-refractivity contribution in [2.45, 2.75) is 6.04 Å².